The molecule has 6 heteroatoms. The van der Waals surface area contributed by atoms with Gasteiger partial charge < -0.3 is 10.1 Å². The first-order valence-corrected chi connectivity index (χ1v) is 6.69. The lowest BCUT2D eigenvalue weighted by Gasteiger charge is -2.11. The molecule has 0 saturated carbocycles. The summed E-state index contributed by atoms with van der Waals surface area (Å²) in [5.41, 5.74) is 2.30. The lowest BCUT2D eigenvalue weighted by molar-refractivity contribution is -0.111. The highest BCUT2D eigenvalue weighted by atomic mass is 35.5. The van der Waals surface area contributed by atoms with E-state index in [4.69, 9.17) is 16.3 Å². The third-order valence-corrected chi connectivity index (χ3v) is 3.30. The number of nitrogens with zero attached hydrogens (tertiary/aromatic N) is 2. The Morgan fingerprint density at radius 1 is 1.48 bits per heavy atom. The van der Waals surface area contributed by atoms with Crippen LogP contribution in [0.25, 0.3) is 6.08 Å². The Hall–Kier alpha value is -2.27. The standard InChI is InChI=1S/C15H16ClN3O2/c1-10-6-13(14(21-3)7-12(10)16)18-15(20)5-4-11-8-17-19(2)9-11/h4-9H,1-3H3,(H,18,20)/b5-4+. The van der Waals surface area contributed by atoms with Gasteiger partial charge in [0.25, 0.3) is 0 Å². The van der Waals surface area contributed by atoms with E-state index in [0.29, 0.717) is 16.5 Å². The normalized spacial score (nSPS) is 10.9. The molecule has 2 aromatic rings. The first kappa shape index (κ1) is 15.1. The maximum absolute atomic E-state index is 11.9. The minimum Gasteiger partial charge on any atom is -0.495 e. The van der Waals surface area contributed by atoms with E-state index in [-0.39, 0.29) is 5.91 Å². The monoisotopic (exact) mass is 305 g/mol. The number of carbonyl (C=O) groups is 1. The summed E-state index contributed by atoms with van der Waals surface area (Å²) in [6, 6.07) is 3.45. The molecule has 0 spiro atoms. The van der Waals surface area contributed by atoms with Crippen LogP contribution in [0, 0.1) is 6.92 Å². The molecule has 1 aromatic heterocycles. The lowest BCUT2D eigenvalue weighted by atomic mass is 10.2. The fourth-order valence-electron chi connectivity index (χ4n) is 1.80. The number of hydrogen-bond donors (Lipinski definition) is 1. The summed E-state index contributed by atoms with van der Waals surface area (Å²) in [6.07, 6.45) is 6.63. The molecule has 0 fully saturated rings. The number of halogens is 1. The van der Waals surface area contributed by atoms with Crippen LogP contribution in [-0.2, 0) is 11.8 Å². The molecule has 0 atom stereocenters. The molecule has 21 heavy (non-hydrogen) atoms. The van der Waals surface area contributed by atoms with Crippen molar-refractivity contribution in [1.29, 1.82) is 0 Å². The zero-order chi connectivity index (χ0) is 15.4. The van der Waals surface area contributed by atoms with Gasteiger partial charge in [0.1, 0.15) is 5.75 Å². The molecule has 0 aliphatic carbocycles. The maximum atomic E-state index is 11.9. The highest BCUT2D eigenvalue weighted by Crippen LogP contribution is 2.30. The molecule has 1 aromatic carbocycles. The van der Waals surface area contributed by atoms with Gasteiger partial charge >= 0.3 is 0 Å². The number of rotatable bonds is 4. The Kier molecular flexibility index (Phi) is 4.65. The number of hydrogen-bond acceptors (Lipinski definition) is 3. The maximum Gasteiger partial charge on any atom is 0.248 e. The van der Waals surface area contributed by atoms with Crippen molar-refractivity contribution in [2.24, 2.45) is 7.05 Å². The van der Waals surface area contributed by atoms with Gasteiger partial charge in [0, 0.05) is 36.0 Å². The van der Waals surface area contributed by atoms with Gasteiger partial charge in [-0.05, 0) is 24.6 Å². The van der Waals surface area contributed by atoms with Gasteiger partial charge in [-0.15, -0.1) is 0 Å². The van der Waals surface area contributed by atoms with E-state index in [0.717, 1.165) is 11.1 Å². The predicted molar refractivity (Wildman–Crippen MR) is 83.6 cm³/mol. The van der Waals surface area contributed by atoms with Gasteiger partial charge in [0.2, 0.25) is 5.91 Å². The average Bonchev–Trinajstić information content (AvgIpc) is 2.86. The number of methoxy groups -OCH3 is 1. The molecular weight excluding hydrogens is 290 g/mol. The number of ether oxygens (including phenoxy) is 1. The van der Waals surface area contributed by atoms with Crippen LogP contribution in [0.3, 0.4) is 0 Å². The third kappa shape index (κ3) is 3.86. The molecule has 2 rings (SSSR count). The van der Waals surface area contributed by atoms with E-state index in [9.17, 15) is 4.79 Å². The van der Waals surface area contributed by atoms with Crippen molar-refractivity contribution in [2.45, 2.75) is 6.92 Å². The van der Waals surface area contributed by atoms with E-state index in [2.05, 4.69) is 10.4 Å². The van der Waals surface area contributed by atoms with Crippen LogP contribution in [0.1, 0.15) is 11.1 Å². The molecule has 1 heterocycles. The van der Waals surface area contributed by atoms with E-state index in [1.807, 2.05) is 20.2 Å². The summed E-state index contributed by atoms with van der Waals surface area (Å²) >= 11 is 6.03. The Labute approximate surface area is 128 Å². The fraction of sp³-hybridized carbons (Fsp3) is 0.200. The SMILES string of the molecule is COc1cc(Cl)c(C)cc1NC(=O)/C=C/c1cnn(C)c1. The number of aryl methyl sites for hydroxylation is 2. The Morgan fingerprint density at radius 3 is 2.86 bits per heavy atom. The smallest absolute Gasteiger partial charge is 0.248 e. The van der Waals surface area contributed by atoms with Crippen molar-refractivity contribution in [2.75, 3.05) is 12.4 Å². The molecule has 0 aliphatic heterocycles. The summed E-state index contributed by atoms with van der Waals surface area (Å²) in [5.74, 6) is 0.271. The minimum absolute atomic E-state index is 0.251. The van der Waals surface area contributed by atoms with Crippen molar-refractivity contribution in [3.63, 3.8) is 0 Å². The predicted octanol–water partition coefficient (Wildman–Crippen LogP) is 3.04. The molecule has 0 aliphatic rings. The molecule has 0 unspecified atom stereocenters. The number of benzene rings is 1. The van der Waals surface area contributed by atoms with Crippen LogP contribution in [0.5, 0.6) is 5.75 Å². The zero-order valence-electron chi connectivity index (χ0n) is 12.1. The van der Waals surface area contributed by atoms with Gasteiger partial charge in [0.15, 0.2) is 0 Å². The van der Waals surface area contributed by atoms with Gasteiger partial charge in [-0.1, -0.05) is 11.6 Å². The first-order valence-electron chi connectivity index (χ1n) is 6.31. The van der Waals surface area contributed by atoms with Crippen molar-refractivity contribution >= 4 is 29.3 Å². The topological polar surface area (TPSA) is 56.1 Å². The molecule has 1 N–H and O–H groups in total. The highest BCUT2D eigenvalue weighted by molar-refractivity contribution is 6.31. The Bertz CT molecular complexity index is 692. The summed E-state index contributed by atoms with van der Waals surface area (Å²) in [4.78, 5) is 11.9. The van der Waals surface area contributed by atoms with Crippen LogP contribution in [0.4, 0.5) is 5.69 Å². The second kappa shape index (κ2) is 6.45. The molecular formula is C15H16ClN3O2. The van der Waals surface area contributed by atoms with Crippen LogP contribution in [0.2, 0.25) is 5.02 Å². The summed E-state index contributed by atoms with van der Waals surface area (Å²) in [7, 11) is 3.35. The third-order valence-electron chi connectivity index (χ3n) is 2.89. The molecule has 0 bridgehead atoms. The van der Waals surface area contributed by atoms with Crippen LogP contribution in [-0.4, -0.2) is 22.8 Å². The quantitative estimate of drug-likeness (QED) is 0.883. The minimum atomic E-state index is -0.251. The van der Waals surface area contributed by atoms with E-state index in [1.165, 1.54) is 13.2 Å². The largest absolute Gasteiger partial charge is 0.495 e. The fourth-order valence-corrected chi connectivity index (χ4v) is 1.96. The summed E-state index contributed by atoms with van der Waals surface area (Å²) in [6.45, 7) is 1.86. The zero-order valence-corrected chi connectivity index (χ0v) is 12.8. The van der Waals surface area contributed by atoms with Crippen molar-refractivity contribution in [1.82, 2.24) is 9.78 Å². The molecule has 0 saturated heterocycles. The van der Waals surface area contributed by atoms with Gasteiger partial charge in [-0.2, -0.15) is 5.10 Å². The average molecular weight is 306 g/mol. The number of anilines is 1. The Balaban J connectivity index is 2.12. The van der Waals surface area contributed by atoms with E-state index in [1.54, 1.807) is 29.1 Å². The number of amides is 1. The van der Waals surface area contributed by atoms with Crippen LogP contribution in [0.15, 0.2) is 30.6 Å². The Morgan fingerprint density at radius 2 is 2.24 bits per heavy atom. The second-order valence-corrected chi connectivity index (χ2v) is 4.98. The van der Waals surface area contributed by atoms with Crippen molar-refractivity contribution in [3.05, 3.63) is 46.8 Å². The van der Waals surface area contributed by atoms with Crippen LogP contribution >= 0.6 is 11.6 Å². The molecule has 5 nitrogen and oxygen atoms in total. The van der Waals surface area contributed by atoms with Gasteiger partial charge in [-0.25, -0.2) is 0 Å². The van der Waals surface area contributed by atoms with Gasteiger partial charge in [0.05, 0.1) is 19.0 Å². The number of nitrogens with one attached hydrogen (secondary N) is 1. The van der Waals surface area contributed by atoms with Gasteiger partial charge in [-0.3, -0.25) is 9.48 Å². The van der Waals surface area contributed by atoms with Crippen molar-refractivity contribution in [3.8, 4) is 5.75 Å². The second-order valence-electron chi connectivity index (χ2n) is 4.57. The first-order chi connectivity index (χ1) is 9.99. The molecule has 110 valence electrons. The number of carbonyl (C=O) groups excluding carboxylic acids is 1. The van der Waals surface area contributed by atoms with E-state index < -0.39 is 0 Å². The lowest BCUT2D eigenvalue weighted by Crippen LogP contribution is -2.09. The summed E-state index contributed by atoms with van der Waals surface area (Å²) in [5, 5.41) is 7.39. The van der Waals surface area contributed by atoms with E-state index >= 15 is 0 Å². The van der Waals surface area contributed by atoms with Crippen molar-refractivity contribution < 1.29 is 9.53 Å². The van der Waals surface area contributed by atoms with Crippen LogP contribution < -0.4 is 10.1 Å². The highest BCUT2D eigenvalue weighted by Gasteiger charge is 2.08. The number of aromatic nitrogens is 2. The summed E-state index contributed by atoms with van der Waals surface area (Å²) < 4.78 is 6.88. The molecule has 1 amide bonds. The molecule has 0 radical (unpaired) electrons.